The van der Waals surface area contributed by atoms with Gasteiger partial charge in [-0.3, -0.25) is 9.58 Å². The summed E-state index contributed by atoms with van der Waals surface area (Å²) >= 11 is 0. The van der Waals surface area contributed by atoms with Gasteiger partial charge in [0.1, 0.15) is 0 Å². The van der Waals surface area contributed by atoms with Gasteiger partial charge >= 0.3 is 0 Å². The maximum Gasteiger partial charge on any atom is 0.0765 e. The van der Waals surface area contributed by atoms with E-state index in [-0.39, 0.29) is 0 Å². The van der Waals surface area contributed by atoms with E-state index < -0.39 is 0 Å². The van der Waals surface area contributed by atoms with Crippen LogP contribution >= 0.6 is 0 Å². The Morgan fingerprint density at radius 2 is 2.30 bits per heavy atom. The van der Waals surface area contributed by atoms with Gasteiger partial charge < -0.3 is 5.32 Å². The van der Waals surface area contributed by atoms with Crippen molar-refractivity contribution in [1.82, 2.24) is 20.0 Å². The van der Waals surface area contributed by atoms with E-state index in [1.807, 2.05) is 0 Å². The molecule has 4 nitrogen and oxygen atoms in total. The van der Waals surface area contributed by atoms with Gasteiger partial charge in [0.25, 0.3) is 0 Å². The molecule has 2 atom stereocenters. The first-order valence-corrected chi connectivity index (χ1v) is 8.27. The summed E-state index contributed by atoms with van der Waals surface area (Å²) in [5.41, 5.74) is 1.23. The molecular weight excluding hydrogens is 248 g/mol. The van der Waals surface area contributed by atoms with E-state index in [1.165, 1.54) is 44.5 Å². The number of rotatable bonds is 7. The topological polar surface area (TPSA) is 33.1 Å². The van der Waals surface area contributed by atoms with Crippen molar-refractivity contribution >= 4 is 0 Å². The van der Waals surface area contributed by atoms with Gasteiger partial charge in [-0.1, -0.05) is 6.92 Å². The van der Waals surface area contributed by atoms with Crippen LogP contribution in [-0.4, -0.2) is 39.9 Å². The van der Waals surface area contributed by atoms with Crippen LogP contribution in [0.3, 0.4) is 0 Å². The summed E-state index contributed by atoms with van der Waals surface area (Å²) in [5.74, 6) is 0. The Morgan fingerprint density at radius 3 is 2.95 bits per heavy atom. The van der Waals surface area contributed by atoms with Gasteiger partial charge in [-0.05, 0) is 51.6 Å². The molecule has 2 unspecified atom stereocenters. The Bertz CT molecular complexity index is 418. The number of hydrogen-bond acceptors (Lipinski definition) is 3. The number of nitrogens with zero attached hydrogens (tertiary/aromatic N) is 3. The van der Waals surface area contributed by atoms with E-state index in [0.717, 1.165) is 19.0 Å². The van der Waals surface area contributed by atoms with E-state index in [4.69, 9.17) is 5.10 Å². The summed E-state index contributed by atoms with van der Waals surface area (Å²) in [4.78, 5) is 2.65. The first-order chi connectivity index (χ1) is 9.76. The van der Waals surface area contributed by atoms with Crippen LogP contribution in [0.4, 0.5) is 0 Å². The van der Waals surface area contributed by atoms with Crippen molar-refractivity contribution in [2.24, 2.45) is 0 Å². The second kappa shape index (κ2) is 6.27. The molecule has 2 fully saturated rings. The zero-order chi connectivity index (χ0) is 13.9. The second-order valence-corrected chi connectivity index (χ2v) is 6.50. The van der Waals surface area contributed by atoms with Crippen molar-refractivity contribution in [1.29, 1.82) is 0 Å². The highest BCUT2D eigenvalue weighted by Gasteiger charge is 2.31. The molecule has 0 spiro atoms. The van der Waals surface area contributed by atoms with Crippen LogP contribution in [0.15, 0.2) is 12.3 Å². The van der Waals surface area contributed by atoms with E-state index in [0.29, 0.717) is 12.1 Å². The van der Waals surface area contributed by atoms with Crippen LogP contribution in [0.2, 0.25) is 0 Å². The SMILES string of the molecule is CCC(C)n1ccc(CN(CC2CCCN2)C2CC2)n1. The molecule has 2 heterocycles. The molecule has 112 valence electrons. The van der Waals surface area contributed by atoms with Crippen LogP contribution in [-0.2, 0) is 6.54 Å². The normalized spacial score (nSPS) is 24.4. The molecule has 1 saturated carbocycles. The highest BCUT2D eigenvalue weighted by atomic mass is 15.3. The van der Waals surface area contributed by atoms with Crippen molar-refractivity contribution < 1.29 is 0 Å². The fourth-order valence-corrected chi connectivity index (χ4v) is 3.08. The number of hydrogen-bond donors (Lipinski definition) is 1. The minimum Gasteiger partial charge on any atom is -0.313 e. The van der Waals surface area contributed by atoms with E-state index in [9.17, 15) is 0 Å². The maximum absolute atomic E-state index is 4.76. The molecule has 0 amide bonds. The molecule has 1 saturated heterocycles. The molecule has 4 heteroatoms. The lowest BCUT2D eigenvalue weighted by molar-refractivity contribution is 0.227. The Labute approximate surface area is 122 Å². The van der Waals surface area contributed by atoms with Gasteiger partial charge in [-0.15, -0.1) is 0 Å². The molecule has 1 aliphatic heterocycles. The first kappa shape index (κ1) is 14.1. The predicted molar refractivity (Wildman–Crippen MR) is 81.7 cm³/mol. The van der Waals surface area contributed by atoms with Gasteiger partial charge in [0.05, 0.1) is 5.69 Å². The van der Waals surface area contributed by atoms with Gasteiger partial charge in [-0.25, -0.2) is 0 Å². The standard InChI is InChI=1S/C16H28N4/c1-3-13(2)20-10-8-15(18-20)12-19(16-6-7-16)11-14-5-4-9-17-14/h8,10,13-14,16-17H,3-7,9,11-12H2,1-2H3. The maximum atomic E-state index is 4.76. The minimum atomic E-state index is 0.509. The van der Waals surface area contributed by atoms with Crippen LogP contribution in [0.1, 0.15) is 57.7 Å². The monoisotopic (exact) mass is 276 g/mol. The molecule has 20 heavy (non-hydrogen) atoms. The third kappa shape index (κ3) is 3.41. The fraction of sp³-hybridized carbons (Fsp3) is 0.812. The van der Waals surface area contributed by atoms with Gasteiger partial charge in [0.15, 0.2) is 0 Å². The van der Waals surface area contributed by atoms with Crippen LogP contribution in [0.25, 0.3) is 0 Å². The lowest BCUT2D eigenvalue weighted by atomic mass is 10.2. The van der Waals surface area contributed by atoms with Crippen molar-refractivity contribution in [3.63, 3.8) is 0 Å². The largest absolute Gasteiger partial charge is 0.313 e. The average Bonchev–Trinajstić information content (AvgIpc) is 2.99. The summed E-state index contributed by atoms with van der Waals surface area (Å²) in [6, 6.07) is 4.22. The fourth-order valence-electron chi connectivity index (χ4n) is 3.08. The summed E-state index contributed by atoms with van der Waals surface area (Å²) < 4.78 is 2.12. The molecule has 1 aromatic heterocycles. The highest BCUT2D eigenvalue weighted by Crippen LogP contribution is 2.29. The smallest absolute Gasteiger partial charge is 0.0765 e. The van der Waals surface area contributed by atoms with E-state index in [2.05, 4.69) is 41.0 Å². The van der Waals surface area contributed by atoms with E-state index >= 15 is 0 Å². The Morgan fingerprint density at radius 1 is 1.45 bits per heavy atom. The van der Waals surface area contributed by atoms with Crippen LogP contribution in [0.5, 0.6) is 0 Å². The molecule has 1 N–H and O–H groups in total. The molecule has 1 aromatic rings. The van der Waals surface area contributed by atoms with Crippen molar-refractivity contribution in [3.05, 3.63) is 18.0 Å². The molecular formula is C16H28N4. The van der Waals surface area contributed by atoms with Gasteiger partial charge in [0.2, 0.25) is 0 Å². The molecule has 1 aliphatic carbocycles. The Balaban J connectivity index is 1.59. The van der Waals surface area contributed by atoms with Crippen LogP contribution in [0, 0.1) is 0 Å². The molecule has 0 radical (unpaired) electrons. The van der Waals surface area contributed by atoms with Crippen LogP contribution < -0.4 is 5.32 Å². The number of aromatic nitrogens is 2. The van der Waals surface area contributed by atoms with Crippen molar-refractivity contribution in [3.8, 4) is 0 Å². The molecule has 3 rings (SSSR count). The minimum absolute atomic E-state index is 0.509. The predicted octanol–water partition coefficient (Wildman–Crippen LogP) is 2.57. The second-order valence-electron chi connectivity index (χ2n) is 6.50. The molecule has 0 aromatic carbocycles. The Hall–Kier alpha value is -0.870. The third-order valence-electron chi connectivity index (χ3n) is 4.75. The van der Waals surface area contributed by atoms with Crippen molar-refractivity contribution in [2.75, 3.05) is 13.1 Å². The zero-order valence-electron chi connectivity index (χ0n) is 12.9. The summed E-state index contributed by atoms with van der Waals surface area (Å²) in [6.45, 7) is 7.87. The summed E-state index contributed by atoms with van der Waals surface area (Å²) in [6.07, 6.45) is 8.70. The summed E-state index contributed by atoms with van der Waals surface area (Å²) in [7, 11) is 0. The van der Waals surface area contributed by atoms with Crippen molar-refractivity contribution in [2.45, 2.75) is 70.6 Å². The zero-order valence-corrected chi connectivity index (χ0v) is 12.9. The molecule has 0 bridgehead atoms. The third-order valence-corrected chi connectivity index (χ3v) is 4.75. The lowest BCUT2D eigenvalue weighted by Gasteiger charge is -2.24. The highest BCUT2D eigenvalue weighted by molar-refractivity contribution is 5.02. The van der Waals surface area contributed by atoms with Gasteiger partial charge in [0, 0.05) is 37.4 Å². The Kier molecular flexibility index (Phi) is 4.41. The first-order valence-electron chi connectivity index (χ1n) is 8.27. The van der Waals surface area contributed by atoms with E-state index in [1.54, 1.807) is 0 Å². The molecule has 2 aliphatic rings. The lowest BCUT2D eigenvalue weighted by Crippen LogP contribution is -2.38. The number of nitrogens with one attached hydrogen (secondary N) is 1. The van der Waals surface area contributed by atoms with Gasteiger partial charge in [-0.2, -0.15) is 5.10 Å². The quantitative estimate of drug-likeness (QED) is 0.831. The summed E-state index contributed by atoms with van der Waals surface area (Å²) in [5, 5.41) is 8.38. The average molecular weight is 276 g/mol.